The third-order valence-corrected chi connectivity index (χ3v) is 6.65. The van der Waals surface area contributed by atoms with Gasteiger partial charge in [0.25, 0.3) is 5.91 Å². The number of benzene rings is 1. The van der Waals surface area contributed by atoms with Gasteiger partial charge in [-0.25, -0.2) is 4.99 Å². The van der Waals surface area contributed by atoms with Crippen molar-refractivity contribution in [2.24, 2.45) is 4.99 Å². The molecular formula is C28H38N4O4S. The van der Waals surface area contributed by atoms with E-state index < -0.39 is 0 Å². The zero-order valence-electron chi connectivity index (χ0n) is 22.4. The van der Waals surface area contributed by atoms with Crippen LogP contribution in [0.15, 0.2) is 54.3 Å². The van der Waals surface area contributed by atoms with E-state index in [9.17, 15) is 9.59 Å². The molecule has 1 aliphatic heterocycles. The highest BCUT2D eigenvalue weighted by atomic mass is 32.2. The first-order chi connectivity index (χ1) is 17.6. The summed E-state index contributed by atoms with van der Waals surface area (Å²) in [4.78, 5) is 29.4. The predicted octanol–water partition coefficient (Wildman–Crippen LogP) is 4.74. The Hall–Kier alpha value is -2.88. The van der Waals surface area contributed by atoms with Crippen molar-refractivity contribution < 1.29 is 19.1 Å². The van der Waals surface area contributed by atoms with Gasteiger partial charge in [0.2, 0.25) is 5.91 Å². The molecule has 2 aromatic rings. The second kappa shape index (κ2) is 13.1. The molecule has 1 unspecified atom stereocenters. The fourth-order valence-electron chi connectivity index (χ4n) is 3.84. The Kier molecular flexibility index (Phi) is 10.1. The van der Waals surface area contributed by atoms with Gasteiger partial charge in [0, 0.05) is 31.1 Å². The van der Waals surface area contributed by atoms with Gasteiger partial charge in [-0.2, -0.15) is 0 Å². The van der Waals surface area contributed by atoms with Gasteiger partial charge >= 0.3 is 0 Å². The summed E-state index contributed by atoms with van der Waals surface area (Å²) in [5.41, 5.74) is 2.79. The van der Waals surface area contributed by atoms with Crippen LogP contribution in [0.2, 0.25) is 0 Å². The van der Waals surface area contributed by atoms with Crippen molar-refractivity contribution in [1.82, 2.24) is 15.2 Å². The smallest absolute Gasteiger partial charge is 0.253 e. The summed E-state index contributed by atoms with van der Waals surface area (Å²) in [5, 5.41) is 5.81. The standard InChI is InChI=1S/C28H38N4O4S/c1-19(21-8-7-9-22(16-21)20(2)36-24-11-14-35-15-12-24)30-27(37-6)31-25(33)17-29-26(34)23-10-13-32(18-23)28(3,4)5/h7-10,13,16,18,20,24H,1,11-12,14-15,17H2,2-6H3,(H,29,34)(H,30,31,33). The third kappa shape index (κ3) is 8.59. The highest BCUT2D eigenvalue weighted by Gasteiger charge is 2.19. The first kappa shape index (κ1) is 28.7. The lowest BCUT2D eigenvalue weighted by Gasteiger charge is -2.26. The number of ether oxygens (including phenoxy) is 2. The third-order valence-electron chi connectivity index (χ3n) is 6.07. The normalized spacial score (nSPS) is 15.8. The van der Waals surface area contributed by atoms with Gasteiger partial charge in [0.1, 0.15) is 0 Å². The number of nitrogens with zero attached hydrogens (tertiary/aromatic N) is 2. The molecule has 3 rings (SSSR count). The van der Waals surface area contributed by atoms with Gasteiger partial charge in [-0.3, -0.25) is 9.59 Å². The molecule has 0 aliphatic carbocycles. The summed E-state index contributed by atoms with van der Waals surface area (Å²) in [6.45, 7) is 13.6. The van der Waals surface area contributed by atoms with E-state index >= 15 is 0 Å². The fraction of sp³-hybridized carbons (Fsp3) is 0.464. The summed E-state index contributed by atoms with van der Waals surface area (Å²) in [6, 6.07) is 9.66. The van der Waals surface area contributed by atoms with Crippen LogP contribution >= 0.6 is 11.8 Å². The molecule has 0 radical (unpaired) electrons. The molecule has 1 aliphatic rings. The quantitative estimate of drug-likeness (QED) is 0.383. The molecule has 0 saturated carbocycles. The Morgan fingerprint density at radius 1 is 1.24 bits per heavy atom. The molecule has 1 aromatic carbocycles. The number of amidine groups is 1. The molecule has 0 spiro atoms. The summed E-state index contributed by atoms with van der Waals surface area (Å²) < 4.78 is 13.6. The van der Waals surface area contributed by atoms with Crippen molar-refractivity contribution in [2.45, 2.75) is 58.3 Å². The maximum Gasteiger partial charge on any atom is 0.253 e. The number of amides is 2. The minimum atomic E-state index is -0.364. The molecule has 37 heavy (non-hydrogen) atoms. The van der Waals surface area contributed by atoms with Crippen LogP contribution in [-0.2, 0) is 19.8 Å². The van der Waals surface area contributed by atoms with Gasteiger partial charge in [0.15, 0.2) is 5.17 Å². The zero-order chi connectivity index (χ0) is 27.0. The Labute approximate surface area is 223 Å². The fourth-order valence-corrected chi connectivity index (χ4v) is 4.25. The SMILES string of the molecule is C=C(N=C(NC(=O)CNC(=O)c1ccn(C(C)(C)C)c1)SC)c1cccc(C(C)OC2CCOCC2)c1. The molecule has 2 N–H and O–H groups in total. The van der Waals surface area contributed by atoms with E-state index in [4.69, 9.17) is 9.47 Å². The Bertz CT molecular complexity index is 1130. The first-order valence-corrected chi connectivity index (χ1v) is 13.7. The first-order valence-electron chi connectivity index (χ1n) is 12.5. The Morgan fingerprint density at radius 3 is 2.62 bits per heavy atom. The van der Waals surface area contributed by atoms with E-state index in [1.165, 1.54) is 11.8 Å². The number of hydrogen-bond acceptors (Lipinski definition) is 6. The Morgan fingerprint density at radius 2 is 1.97 bits per heavy atom. The monoisotopic (exact) mass is 526 g/mol. The summed E-state index contributed by atoms with van der Waals surface area (Å²) in [5.74, 6) is -0.671. The number of carbonyl (C=O) groups is 2. The summed E-state index contributed by atoms with van der Waals surface area (Å²) in [6.07, 6.45) is 7.39. The number of carbonyl (C=O) groups excluding carboxylic acids is 2. The molecule has 1 fully saturated rings. The minimum Gasteiger partial charge on any atom is -0.381 e. The lowest BCUT2D eigenvalue weighted by atomic mass is 10.0. The number of nitrogens with one attached hydrogen (secondary N) is 2. The van der Waals surface area contributed by atoms with E-state index in [1.807, 2.05) is 48.2 Å². The molecule has 9 heteroatoms. The second-order valence-corrected chi connectivity index (χ2v) is 10.8. The number of aromatic nitrogens is 1. The van der Waals surface area contributed by atoms with Gasteiger partial charge in [-0.1, -0.05) is 36.5 Å². The van der Waals surface area contributed by atoms with Crippen molar-refractivity contribution in [1.29, 1.82) is 0 Å². The Balaban J connectivity index is 1.55. The van der Waals surface area contributed by atoms with Crippen LogP contribution in [-0.4, -0.2) is 53.7 Å². The molecule has 1 saturated heterocycles. The van der Waals surface area contributed by atoms with Crippen LogP contribution in [0.1, 0.15) is 68.1 Å². The number of thioether (sulfide) groups is 1. The van der Waals surface area contributed by atoms with Crippen molar-refractivity contribution in [3.8, 4) is 0 Å². The van der Waals surface area contributed by atoms with Gasteiger partial charge < -0.3 is 24.7 Å². The van der Waals surface area contributed by atoms with E-state index in [-0.39, 0.29) is 36.1 Å². The van der Waals surface area contributed by atoms with Crippen molar-refractivity contribution in [3.05, 3.63) is 66.0 Å². The van der Waals surface area contributed by atoms with E-state index in [0.717, 1.165) is 37.2 Å². The highest BCUT2D eigenvalue weighted by molar-refractivity contribution is 8.13. The minimum absolute atomic E-state index is 0.0662. The van der Waals surface area contributed by atoms with Crippen molar-refractivity contribution in [2.75, 3.05) is 26.0 Å². The van der Waals surface area contributed by atoms with Crippen molar-refractivity contribution in [3.63, 3.8) is 0 Å². The maximum atomic E-state index is 12.5. The number of aliphatic imine (C=N–C) groups is 1. The van der Waals surface area contributed by atoms with Crippen LogP contribution in [0.25, 0.3) is 5.70 Å². The second-order valence-electron chi connectivity index (χ2n) is 9.99. The zero-order valence-corrected chi connectivity index (χ0v) is 23.2. The summed E-state index contributed by atoms with van der Waals surface area (Å²) in [7, 11) is 0. The van der Waals surface area contributed by atoms with Crippen LogP contribution in [0.3, 0.4) is 0 Å². The van der Waals surface area contributed by atoms with Crippen LogP contribution in [0.4, 0.5) is 0 Å². The van der Waals surface area contributed by atoms with E-state index in [1.54, 1.807) is 12.3 Å². The molecule has 2 heterocycles. The number of hydrogen-bond donors (Lipinski definition) is 2. The average molecular weight is 527 g/mol. The van der Waals surface area contributed by atoms with Gasteiger partial charge in [-0.15, -0.1) is 0 Å². The summed E-state index contributed by atoms with van der Waals surface area (Å²) >= 11 is 1.30. The van der Waals surface area contributed by atoms with Crippen LogP contribution in [0, 0.1) is 0 Å². The van der Waals surface area contributed by atoms with Gasteiger partial charge in [-0.05, 0) is 70.1 Å². The average Bonchev–Trinajstić information content (AvgIpc) is 3.39. The molecule has 8 nitrogen and oxygen atoms in total. The maximum absolute atomic E-state index is 12.5. The molecule has 0 bridgehead atoms. The molecular weight excluding hydrogens is 488 g/mol. The topological polar surface area (TPSA) is 94.0 Å². The number of rotatable bonds is 8. The predicted molar refractivity (Wildman–Crippen MR) is 150 cm³/mol. The van der Waals surface area contributed by atoms with Gasteiger partial charge in [0.05, 0.1) is 30.0 Å². The van der Waals surface area contributed by atoms with Crippen LogP contribution < -0.4 is 10.6 Å². The molecule has 1 atom stereocenters. The van der Waals surface area contributed by atoms with E-state index in [0.29, 0.717) is 16.4 Å². The largest absolute Gasteiger partial charge is 0.381 e. The lowest BCUT2D eigenvalue weighted by molar-refractivity contribution is -0.118. The van der Waals surface area contributed by atoms with E-state index in [2.05, 4.69) is 43.0 Å². The highest BCUT2D eigenvalue weighted by Crippen LogP contribution is 2.26. The molecule has 1 aromatic heterocycles. The van der Waals surface area contributed by atoms with Crippen molar-refractivity contribution >= 4 is 34.4 Å². The molecule has 200 valence electrons. The lowest BCUT2D eigenvalue weighted by Crippen LogP contribution is -2.38. The van der Waals surface area contributed by atoms with Crippen LogP contribution in [0.5, 0.6) is 0 Å². The molecule has 2 amide bonds.